The van der Waals surface area contributed by atoms with E-state index in [1.54, 1.807) is 12.5 Å². The molecule has 0 unspecified atom stereocenters. The van der Waals surface area contributed by atoms with Crippen LogP contribution in [0.3, 0.4) is 0 Å². The highest BCUT2D eigenvalue weighted by Gasteiger charge is 2.26. The molecule has 122 valence electrons. The monoisotopic (exact) mass is 304 g/mol. The quantitative estimate of drug-likeness (QED) is 0.798. The largest absolute Gasteiger partial charge is 0.393 e. The van der Waals surface area contributed by atoms with E-state index in [1.165, 1.54) is 0 Å². The SMILES string of the molecule is C[C@@H]1CC[C@@H](Nc2ncncc2/C=C/NC(C)(C)C)C[C@H]1O. The van der Waals surface area contributed by atoms with E-state index in [0.29, 0.717) is 5.92 Å². The first-order valence-electron chi connectivity index (χ1n) is 8.04. The highest BCUT2D eigenvalue weighted by atomic mass is 16.3. The summed E-state index contributed by atoms with van der Waals surface area (Å²) in [7, 11) is 0. The van der Waals surface area contributed by atoms with Crippen LogP contribution >= 0.6 is 0 Å². The maximum Gasteiger partial charge on any atom is 0.136 e. The molecule has 0 bridgehead atoms. The van der Waals surface area contributed by atoms with Crippen molar-refractivity contribution in [1.29, 1.82) is 0 Å². The van der Waals surface area contributed by atoms with E-state index in [1.807, 2.05) is 12.3 Å². The van der Waals surface area contributed by atoms with E-state index < -0.39 is 0 Å². The number of aliphatic hydroxyl groups excluding tert-OH is 1. The van der Waals surface area contributed by atoms with Crippen LogP contribution in [0.25, 0.3) is 6.08 Å². The molecule has 5 heteroatoms. The molecule has 3 N–H and O–H groups in total. The number of aromatic nitrogens is 2. The van der Waals surface area contributed by atoms with Gasteiger partial charge >= 0.3 is 0 Å². The predicted octanol–water partition coefficient (Wildman–Crippen LogP) is 2.80. The van der Waals surface area contributed by atoms with Crippen molar-refractivity contribution in [2.24, 2.45) is 5.92 Å². The van der Waals surface area contributed by atoms with Gasteiger partial charge in [-0.1, -0.05) is 6.92 Å². The first-order chi connectivity index (χ1) is 10.3. The van der Waals surface area contributed by atoms with Gasteiger partial charge in [-0.25, -0.2) is 9.97 Å². The summed E-state index contributed by atoms with van der Waals surface area (Å²) in [6.45, 7) is 8.45. The van der Waals surface area contributed by atoms with E-state index >= 15 is 0 Å². The van der Waals surface area contributed by atoms with Gasteiger partial charge in [-0.15, -0.1) is 0 Å². The zero-order valence-electron chi connectivity index (χ0n) is 14.0. The lowest BCUT2D eigenvalue weighted by molar-refractivity contribution is 0.0739. The Morgan fingerprint density at radius 3 is 2.77 bits per heavy atom. The summed E-state index contributed by atoms with van der Waals surface area (Å²) in [5.41, 5.74) is 0.982. The molecule has 0 amide bonds. The summed E-state index contributed by atoms with van der Waals surface area (Å²) >= 11 is 0. The number of anilines is 1. The molecule has 1 saturated carbocycles. The molecule has 2 rings (SSSR count). The lowest BCUT2D eigenvalue weighted by atomic mass is 9.85. The van der Waals surface area contributed by atoms with Crippen LogP contribution < -0.4 is 10.6 Å². The average molecular weight is 304 g/mol. The van der Waals surface area contributed by atoms with Crippen molar-refractivity contribution in [2.45, 2.75) is 64.6 Å². The van der Waals surface area contributed by atoms with Gasteiger partial charge in [0.25, 0.3) is 0 Å². The van der Waals surface area contributed by atoms with E-state index in [-0.39, 0.29) is 17.7 Å². The molecule has 1 fully saturated rings. The molecule has 1 heterocycles. The van der Waals surface area contributed by atoms with Crippen LogP contribution in [0.1, 0.15) is 52.5 Å². The van der Waals surface area contributed by atoms with Crippen LogP contribution in [0.15, 0.2) is 18.7 Å². The van der Waals surface area contributed by atoms with Crippen molar-refractivity contribution >= 4 is 11.9 Å². The van der Waals surface area contributed by atoms with E-state index in [0.717, 1.165) is 30.6 Å². The van der Waals surface area contributed by atoms with Crippen molar-refractivity contribution in [2.75, 3.05) is 5.32 Å². The van der Waals surface area contributed by atoms with Crippen LogP contribution in [0.5, 0.6) is 0 Å². The summed E-state index contributed by atoms with van der Waals surface area (Å²) in [6.07, 6.45) is 9.92. The normalized spacial score (nSPS) is 26.1. The fourth-order valence-corrected chi connectivity index (χ4v) is 2.59. The van der Waals surface area contributed by atoms with Gasteiger partial charge in [0.2, 0.25) is 0 Å². The molecule has 1 aromatic heterocycles. The fraction of sp³-hybridized carbons (Fsp3) is 0.647. The molecule has 5 nitrogen and oxygen atoms in total. The third-order valence-corrected chi connectivity index (χ3v) is 4.01. The number of nitrogens with one attached hydrogen (secondary N) is 2. The van der Waals surface area contributed by atoms with Gasteiger partial charge < -0.3 is 15.7 Å². The number of nitrogens with zero attached hydrogens (tertiary/aromatic N) is 2. The number of aliphatic hydroxyl groups is 1. The molecule has 1 aliphatic rings. The topological polar surface area (TPSA) is 70.1 Å². The Bertz CT molecular complexity index is 510. The zero-order chi connectivity index (χ0) is 16.2. The van der Waals surface area contributed by atoms with Gasteiger partial charge in [-0.2, -0.15) is 0 Å². The standard InChI is InChI=1S/C17H28N4O/c1-12-5-6-14(9-15(12)22)21-16-13(10-18-11-19-16)7-8-20-17(2,3)4/h7-8,10-12,14-15,20,22H,5-6,9H2,1-4H3,(H,18,19,21)/b8-7+/t12-,14-,15-/m1/s1. The highest BCUT2D eigenvalue weighted by molar-refractivity contribution is 5.61. The van der Waals surface area contributed by atoms with E-state index in [9.17, 15) is 5.11 Å². The molecule has 0 saturated heterocycles. The third-order valence-electron chi connectivity index (χ3n) is 4.01. The molecule has 0 radical (unpaired) electrons. The van der Waals surface area contributed by atoms with Gasteiger partial charge in [0.1, 0.15) is 12.1 Å². The summed E-state index contributed by atoms with van der Waals surface area (Å²) in [6, 6.07) is 0.267. The first kappa shape index (κ1) is 16.7. The van der Waals surface area contributed by atoms with Crippen molar-refractivity contribution in [1.82, 2.24) is 15.3 Å². The Labute approximate surface area is 133 Å². The van der Waals surface area contributed by atoms with Crippen molar-refractivity contribution in [3.05, 3.63) is 24.3 Å². The summed E-state index contributed by atoms with van der Waals surface area (Å²) in [5, 5.41) is 16.8. The average Bonchev–Trinajstić information content (AvgIpc) is 2.43. The molecular formula is C17H28N4O. The molecule has 22 heavy (non-hydrogen) atoms. The van der Waals surface area contributed by atoms with Crippen LogP contribution in [0.4, 0.5) is 5.82 Å². The molecule has 1 aromatic rings. The fourth-order valence-electron chi connectivity index (χ4n) is 2.59. The van der Waals surface area contributed by atoms with Crippen LogP contribution in [0, 0.1) is 5.92 Å². The smallest absolute Gasteiger partial charge is 0.136 e. The van der Waals surface area contributed by atoms with Crippen LogP contribution in [0.2, 0.25) is 0 Å². The Kier molecular flexibility index (Phi) is 5.40. The molecule has 1 aliphatic carbocycles. The molecule has 0 aromatic carbocycles. The van der Waals surface area contributed by atoms with Gasteiger partial charge in [0.05, 0.1) is 6.10 Å². The van der Waals surface area contributed by atoms with Crippen molar-refractivity contribution < 1.29 is 5.11 Å². The Morgan fingerprint density at radius 2 is 2.09 bits per heavy atom. The maximum absolute atomic E-state index is 10.0. The van der Waals surface area contributed by atoms with Crippen LogP contribution in [-0.4, -0.2) is 32.8 Å². The Morgan fingerprint density at radius 1 is 1.32 bits per heavy atom. The second-order valence-electron chi connectivity index (χ2n) is 7.25. The summed E-state index contributed by atoms with van der Waals surface area (Å²) in [4.78, 5) is 8.45. The highest BCUT2D eigenvalue weighted by Crippen LogP contribution is 2.27. The lowest BCUT2D eigenvalue weighted by Crippen LogP contribution is -2.35. The lowest BCUT2D eigenvalue weighted by Gasteiger charge is -2.32. The van der Waals surface area contributed by atoms with Gasteiger partial charge in [-0.05, 0) is 58.2 Å². The Hall–Kier alpha value is -1.62. The molecule has 0 aliphatic heterocycles. The van der Waals surface area contributed by atoms with Gasteiger partial charge in [0.15, 0.2) is 0 Å². The Balaban J connectivity index is 2.02. The van der Waals surface area contributed by atoms with Crippen LogP contribution in [-0.2, 0) is 0 Å². The van der Waals surface area contributed by atoms with Gasteiger partial charge in [-0.3, -0.25) is 0 Å². The predicted molar refractivity (Wildman–Crippen MR) is 90.4 cm³/mol. The first-order valence-corrected chi connectivity index (χ1v) is 8.04. The molecule has 0 spiro atoms. The minimum Gasteiger partial charge on any atom is -0.393 e. The summed E-state index contributed by atoms with van der Waals surface area (Å²) in [5.74, 6) is 1.22. The summed E-state index contributed by atoms with van der Waals surface area (Å²) < 4.78 is 0. The molecular weight excluding hydrogens is 276 g/mol. The number of hydrogen-bond donors (Lipinski definition) is 3. The maximum atomic E-state index is 10.0. The second kappa shape index (κ2) is 7.09. The van der Waals surface area contributed by atoms with Gasteiger partial charge in [0, 0.05) is 23.3 Å². The minimum absolute atomic E-state index is 0.0311. The minimum atomic E-state index is -0.227. The van der Waals surface area contributed by atoms with E-state index in [2.05, 4.69) is 48.3 Å². The zero-order valence-corrected chi connectivity index (χ0v) is 14.0. The van der Waals surface area contributed by atoms with E-state index in [4.69, 9.17) is 0 Å². The number of hydrogen-bond acceptors (Lipinski definition) is 5. The number of rotatable bonds is 4. The van der Waals surface area contributed by atoms with Crippen molar-refractivity contribution in [3.63, 3.8) is 0 Å². The molecule has 3 atom stereocenters. The third kappa shape index (κ3) is 4.98. The van der Waals surface area contributed by atoms with Crippen molar-refractivity contribution in [3.8, 4) is 0 Å². The second-order valence-corrected chi connectivity index (χ2v) is 7.25.